The molecule has 6 nitrogen and oxygen atoms in total. The van der Waals surface area contributed by atoms with Crippen molar-refractivity contribution in [2.75, 3.05) is 0 Å². The van der Waals surface area contributed by atoms with Gasteiger partial charge in [0.2, 0.25) is 0 Å². The first-order valence-corrected chi connectivity index (χ1v) is 7.12. The zero-order chi connectivity index (χ0) is 17.4. The van der Waals surface area contributed by atoms with E-state index in [0.29, 0.717) is 0 Å². The standard InChI is InChI=1S/C18H12O6/c1-9(19)23-14-8-4-6-12-16(14)18(24-10(2)20)15-11(17(12)22)5-3-7-13(15)21/h3-8H,1-2H3. The highest BCUT2D eigenvalue weighted by atomic mass is 16.5. The largest absolute Gasteiger partial charge is 0.426 e. The molecular weight excluding hydrogens is 312 g/mol. The van der Waals surface area contributed by atoms with Crippen LogP contribution in [0.4, 0.5) is 0 Å². The fraction of sp³-hybridized carbons (Fsp3) is 0.111. The third-order valence-electron chi connectivity index (χ3n) is 3.50. The lowest BCUT2D eigenvalue weighted by Gasteiger charge is -2.25. The Hall–Kier alpha value is -3.28. The average Bonchev–Trinajstić information content (AvgIpc) is 2.50. The summed E-state index contributed by atoms with van der Waals surface area (Å²) in [5.74, 6) is -2.13. The van der Waals surface area contributed by atoms with Crippen LogP contribution in [0.2, 0.25) is 0 Å². The molecule has 120 valence electrons. The molecule has 0 fully saturated rings. The zero-order valence-corrected chi connectivity index (χ0v) is 12.9. The van der Waals surface area contributed by atoms with Crippen LogP contribution in [0.3, 0.4) is 0 Å². The Labute approximate surface area is 137 Å². The summed E-state index contributed by atoms with van der Waals surface area (Å²) in [6.07, 6.45) is 4.23. The van der Waals surface area contributed by atoms with Crippen LogP contribution < -0.4 is 4.74 Å². The highest BCUT2D eigenvalue weighted by Gasteiger charge is 2.37. The topological polar surface area (TPSA) is 86.7 Å². The summed E-state index contributed by atoms with van der Waals surface area (Å²) < 4.78 is 10.4. The minimum Gasteiger partial charge on any atom is -0.426 e. The van der Waals surface area contributed by atoms with E-state index < -0.39 is 23.5 Å². The van der Waals surface area contributed by atoms with Gasteiger partial charge in [-0.15, -0.1) is 0 Å². The van der Waals surface area contributed by atoms with Crippen LogP contribution >= 0.6 is 0 Å². The number of rotatable bonds is 2. The van der Waals surface area contributed by atoms with Crippen LogP contribution in [0.1, 0.15) is 29.8 Å². The van der Waals surface area contributed by atoms with Gasteiger partial charge in [0.1, 0.15) is 5.75 Å². The molecule has 0 aliphatic heterocycles. The molecule has 2 aliphatic rings. The number of Topliss-reactive ketones (excluding diaryl/α,β-unsaturated/α-hetero) is 1. The summed E-state index contributed by atoms with van der Waals surface area (Å²) in [6, 6.07) is 4.54. The second-order valence-electron chi connectivity index (χ2n) is 5.20. The lowest BCUT2D eigenvalue weighted by Crippen LogP contribution is -2.24. The Balaban J connectivity index is 2.35. The first-order chi connectivity index (χ1) is 11.4. The average molecular weight is 324 g/mol. The number of benzene rings is 1. The molecule has 0 saturated carbocycles. The van der Waals surface area contributed by atoms with E-state index in [0.717, 1.165) is 0 Å². The lowest BCUT2D eigenvalue weighted by molar-refractivity contribution is -0.134. The van der Waals surface area contributed by atoms with Gasteiger partial charge in [0.05, 0.1) is 11.1 Å². The number of carbonyl (C=O) groups excluding carboxylic acids is 4. The van der Waals surface area contributed by atoms with E-state index in [1.54, 1.807) is 6.07 Å². The molecule has 3 rings (SSSR count). The molecule has 1 aromatic rings. The number of hydrogen-bond donors (Lipinski definition) is 0. The van der Waals surface area contributed by atoms with E-state index in [2.05, 4.69) is 0 Å². The molecular formula is C18H12O6. The van der Waals surface area contributed by atoms with E-state index in [-0.39, 0.29) is 33.8 Å². The molecule has 0 atom stereocenters. The molecule has 0 unspecified atom stereocenters. The van der Waals surface area contributed by atoms with Gasteiger partial charge < -0.3 is 9.47 Å². The van der Waals surface area contributed by atoms with Crippen molar-refractivity contribution in [3.8, 4) is 5.75 Å². The smallest absolute Gasteiger partial charge is 0.308 e. The number of allylic oxidation sites excluding steroid dienone is 5. The maximum absolute atomic E-state index is 12.7. The molecule has 0 aromatic heterocycles. The SMILES string of the molecule is CC(=O)OC1=C2C(=O)C=CC=C2C(=O)c2cccc(OC(C)=O)c21. The van der Waals surface area contributed by atoms with Crippen molar-refractivity contribution in [1.82, 2.24) is 0 Å². The molecule has 0 spiro atoms. The van der Waals surface area contributed by atoms with Crippen molar-refractivity contribution >= 4 is 29.3 Å². The molecule has 0 saturated heterocycles. The highest BCUT2D eigenvalue weighted by Crippen LogP contribution is 2.41. The number of carbonyl (C=O) groups is 4. The van der Waals surface area contributed by atoms with E-state index in [1.807, 2.05) is 0 Å². The number of hydrogen-bond acceptors (Lipinski definition) is 6. The van der Waals surface area contributed by atoms with Gasteiger partial charge in [0.25, 0.3) is 0 Å². The number of esters is 2. The predicted molar refractivity (Wildman–Crippen MR) is 83.0 cm³/mol. The first kappa shape index (κ1) is 15.6. The quantitative estimate of drug-likeness (QED) is 0.612. The molecule has 0 heterocycles. The third-order valence-corrected chi connectivity index (χ3v) is 3.50. The van der Waals surface area contributed by atoms with Gasteiger partial charge in [-0.3, -0.25) is 19.2 Å². The molecule has 0 N–H and O–H groups in total. The zero-order valence-electron chi connectivity index (χ0n) is 12.9. The summed E-state index contributed by atoms with van der Waals surface area (Å²) in [7, 11) is 0. The number of ether oxygens (including phenoxy) is 2. The van der Waals surface area contributed by atoms with E-state index in [1.165, 1.54) is 44.2 Å². The van der Waals surface area contributed by atoms with Gasteiger partial charge in [-0.2, -0.15) is 0 Å². The molecule has 0 amide bonds. The molecule has 24 heavy (non-hydrogen) atoms. The Morgan fingerprint density at radius 3 is 2.38 bits per heavy atom. The maximum Gasteiger partial charge on any atom is 0.308 e. The van der Waals surface area contributed by atoms with Crippen molar-refractivity contribution in [3.63, 3.8) is 0 Å². The molecule has 2 aliphatic carbocycles. The predicted octanol–water partition coefficient (Wildman–Crippen LogP) is 2.15. The van der Waals surface area contributed by atoms with Crippen molar-refractivity contribution in [2.45, 2.75) is 13.8 Å². The Morgan fingerprint density at radius 1 is 1.00 bits per heavy atom. The normalized spacial score (nSPS) is 15.5. The number of ketones is 2. The highest BCUT2D eigenvalue weighted by molar-refractivity contribution is 6.29. The summed E-state index contributed by atoms with van der Waals surface area (Å²) in [5.41, 5.74) is 0.461. The molecule has 1 aromatic carbocycles. The van der Waals surface area contributed by atoms with Gasteiger partial charge in [0, 0.05) is 25.0 Å². The molecule has 0 bridgehead atoms. The summed E-state index contributed by atoms with van der Waals surface area (Å²) in [6.45, 7) is 2.40. The second kappa shape index (κ2) is 5.73. The fourth-order valence-corrected chi connectivity index (χ4v) is 2.66. The van der Waals surface area contributed by atoms with Crippen molar-refractivity contribution in [3.05, 3.63) is 58.7 Å². The van der Waals surface area contributed by atoms with Crippen molar-refractivity contribution in [2.24, 2.45) is 0 Å². The van der Waals surface area contributed by atoms with Crippen LogP contribution in [-0.4, -0.2) is 23.5 Å². The van der Waals surface area contributed by atoms with Gasteiger partial charge in [0.15, 0.2) is 17.3 Å². The van der Waals surface area contributed by atoms with Crippen molar-refractivity contribution in [1.29, 1.82) is 0 Å². The third kappa shape index (κ3) is 2.48. The van der Waals surface area contributed by atoms with Gasteiger partial charge >= 0.3 is 11.9 Å². The summed E-state index contributed by atoms with van der Waals surface area (Å²) in [4.78, 5) is 47.8. The van der Waals surface area contributed by atoms with Gasteiger partial charge in [-0.05, 0) is 12.1 Å². The lowest BCUT2D eigenvalue weighted by atomic mass is 9.81. The van der Waals surface area contributed by atoms with Crippen LogP contribution in [0.5, 0.6) is 5.75 Å². The molecule has 6 heteroatoms. The van der Waals surface area contributed by atoms with Crippen LogP contribution in [0.15, 0.2) is 47.6 Å². The number of fused-ring (bicyclic) bond motifs is 2. The Kier molecular flexibility index (Phi) is 3.73. The second-order valence-corrected chi connectivity index (χ2v) is 5.20. The minimum atomic E-state index is -0.655. The van der Waals surface area contributed by atoms with E-state index in [9.17, 15) is 19.2 Å². The minimum absolute atomic E-state index is 0.00944. The van der Waals surface area contributed by atoms with E-state index >= 15 is 0 Å². The van der Waals surface area contributed by atoms with Crippen molar-refractivity contribution < 1.29 is 28.7 Å². The van der Waals surface area contributed by atoms with Gasteiger partial charge in [-0.1, -0.05) is 24.3 Å². The summed E-state index contributed by atoms with van der Waals surface area (Å²) in [5, 5.41) is 0. The summed E-state index contributed by atoms with van der Waals surface area (Å²) >= 11 is 0. The van der Waals surface area contributed by atoms with Crippen LogP contribution in [0, 0.1) is 0 Å². The Morgan fingerprint density at radius 2 is 1.71 bits per heavy atom. The first-order valence-electron chi connectivity index (χ1n) is 7.12. The molecule has 0 radical (unpaired) electrons. The van der Waals surface area contributed by atoms with E-state index in [4.69, 9.17) is 9.47 Å². The van der Waals surface area contributed by atoms with Gasteiger partial charge in [-0.25, -0.2) is 0 Å². The van der Waals surface area contributed by atoms with Crippen LogP contribution in [-0.2, 0) is 19.1 Å². The van der Waals surface area contributed by atoms with Crippen LogP contribution in [0.25, 0.3) is 5.76 Å². The monoisotopic (exact) mass is 324 g/mol. The Bertz CT molecular complexity index is 898. The fourth-order valence-electron chi connectivity index (χ4n) is 2.66. The maximum atomic E-state index is 12.7.